The molecule has 0 bridgehead atoms. The number of carbonyl (C=O) groups is 1. The van der Waals surface area contributed by atoms with Crippen LogP contribution in [0.15, 0.2) is 18.2 Å². The highest BCUT2D eigenvalue weighted by molar-refractivity contribution is 9.10. The maximum atomic E-state index is 12.8. The number of ketones is 1. The molecule has 0 aliphatic rings. The van der Waals surface area contributed by atoms with E-state index in [1.54, 1.807) is 6.07 Å². The van der Waals surface area contributed by atoms with E-state index in [4.69, 9.17) is 11.6 Å². The van der Waals surface area contributed by atoms with Gasteiger partial charge in [-0.15, -0.1) is 0 Å². The molecule has 1 rings (SSSR count). The van der Waals surface area contributed by atoms with Gasteiger partial charge < -0.3 is 0 Å². The number of carbonyl (C=O) groups excluding carboxylic acids is 1. The summed E-state index contributed by atoms with van der Waals surface area (Å²) < 4.78 is 12.8. The summed E-state index contributed by atoms with van der Waals surface area (Å²) in [4.78, 5) is 11.4. The number of hydrogen-bond acceptors (Lipinski definition) is 1. The Balaban J connectivity index is 2.77. The van der Waals surface area contributed by atoms with Crippen LogP contribution in [0.1, 0.15) is 19.4 Å². The molecule has 0 radical (unpaired) electrons. The molecule has 0 heterocycles. The fourth-order valence-electron chi connectivity index (χ4n) is 1.34. The molecule has 0 spiro atoms. The molecule has 0 amide bonds. The summed E-state index contributed by atoms with van der Waals surface area (Å²) in [7, 11) is 0. The molecule has 0 saturated heterocycles. The van der Waals surface area contributed by atoms with Gasteiger partial charge in [-0.2, -0.15) is 0 Å². The minimum absolute atomic E-state index is 0.0244. The lowest BCUT2D eigenvalue weighted by Crippen LogP contribution is -2.21. The van der Waals surface area contributed by atoms with Gasteiger partial charge in [-0.3, -0.25) is 4.79 Å². The van der Waals surface area contributed by atoms with E-state index in [2.05, 4.69) is 15.9 Å². The van der Waals surface area contributed by atoms with E-state index in [1.807, 2.05) is 13.8 Å². The first-order chi connectivity index (χ1) is 7.41. The fraction of sp³-hybridized carbons (Fsp3) is 0.417. The maximum absolute atomic E-state index is 12.8. The van der Waals surface area contributed by atoms with Crippen molar-refractivity contribution >= 4 is 33.3 Å². The zero-order chi connectivity index (χ0) is 12.3. The molecule has 1 nitrogen and oxygen atoms in total. The first kappa shape index (κ1) is 13.7. The molecule has 4 heteroatoms. The molecule has 1 unspecified atom stereocenters. The van der Waals surface area contributed by atoms with Crippen LogP contribution in [-0.2, 0) is 11.2 Å². The highest BCUT2D eigenvalue weighted by Gasteiger charge is 2.19. The quantitative estimate of drug-likeness (QED) is 0.768. The van der Waals surface area contributed by atoms with E-state index < -0.39 is 0 Å². The number of hydrogen-bond donors (Lipinski definition) is 0. The van der Waals surface area contributed by atoms with E-state index in [9.17, 15) is 9.18 Å². The van der Waals surface area contributed by atoms with Crippen molar-refractivity contribution in [1.82, 2.24) is 0 Å². The molecule has 1 aromatic rings. The summed E-state index contributed by atoms with van der Waals surface area (Å²) in [5.41, 5.74) is 0.777. The minimum Gasteiger partial charge on any atom is -0.298 e. The summed E-state index contributed by atoms with van der Waals surface area (Å²) in [6.45, 7) is 3.70. The second-order valence-electron chi connectivity index (χ2n) is 3.96. The Bertz CT molecular complexity index is 393. The zero-order valence-corrected chi connectivity index (χ0v) is 11.5. The third-order valence-electron chi connectivity index (χ3n) is 2.29. The van der Waals surface area contributed by atoms with Crippen LogP contribution in [0.4, 0.5) is 4.39 Å². The molecule has 16 heavy (non-hydrogen) atoms. The molecule has 0 aromatic heterocycles. The highest BCUT2D eigenvalue weighted by atomic mass is 79.9. The Hall–Kier alpha value is -0.410. The minimum atomic E-state index is -0.366. The summed E-state index contributed by atoms with van der Waals surface area (Å²) in [5, 5.41) is 0.362. The van der Waals surface area contributed by atoms with Crippen LogP contribution in [0.2, 0.25) is 5.02 Å². The summed E-state index contributed by atoms with van der Waals surface area (Å²) >= 11 is 9.22. The van der Waals surface area contributed by atoms with E-state index in [0.717, 1.165) is 5.56 Å². The fourth-order valence-corrected chi connectivity index (χ4v) is 2.46. The SMILES string of the molecule is CC(C)C(=O)C(Br)Cc1ccc(F)cc1Cl. The Morgan fingerprint density at radius 1 is 1.50 bits per heavy atom. The average Bonchev–Trinajstić information content (AvgIpc) is 2.20. The lowest BCUT2D eigenvalue weighted by molar-refractivity contribution is -0.121. The van der Waals surface area contributed by atoms with Gasteiger partial charge in [0, 0.05) is 10.9 Å². The van der Waals surface area contributed by atoms with Gasteiger partial charge in [-0.1, -0.05) is 47.4 Å². The third-order valence-corrected chi connectivity index (χ3v) is 3.42. The van der Waals surface area contributed by atoms with Crippen molar-refractivity contribution < 1.29 is 9.18 Å². The number of halogens is 3. The van der Waals surface area contributed by atoms with Crippen LogP contribution in [0.3, 0.4) is 0 Å². The van der Waals surface area contributed by atoms with Crippen molar-refractivity contribution in [3.05, 3.63) is 34.6 Å². The van der Waals surface area contributed by atoms with E-state index in [0.29, 0.717) is 11.4 Å². The molecule has 0 aliphatic heterocycles. The maximum Gasteiger partial charge on any atom is 0.149 e. The monoisotopic (exact) mass is 306 g/mol. The van der Waals surface area contributed by atoms with Crippen molar-refractivity contribution in [2.45, 2.75) is 25.1 Å². The third kappa shape index (κ3) is 3.56. The van der Waals surface area contributed by atoms with Crippen molar-refractivity contribution in [3.8, 4) is 0 Å². The molecular formula is C12H13BrClFO. The van der Waals surface area contributed by atoms with E-state index >= 15 is 0 Å². The molecule has 1 atom stereocenters. The smallest absolute Gasteiger partial charge is 0.149 e. The van der Waals surface area contributed by atoms with Gasteiger partial charge in [0.25, 0.3) is 0 Å². The zero-order valence-electron chi connectivity index (χ0n) is 9.14. The lowest BCUT2D eigenvalue weighted by atomic mass is 10.0. The Morgan fingerprint density at radius 2 is 2.12 bits per heavy atom. The molecular weight excluding hydrogens is 294 g/mol. The topological polar surface area (TPSA) is 17.1 Å². The summed E-state index contributed by atoms with van der Waals surface area (Å²) in [6.07, 6.45) is 0.482. The van der Waals surface area contributed by atoms with Crippen molar-refractivity contribution in [2.75, 3.05) is 0 Å². The van der Waals surface area contributed by atoms with Crippen LogP contribution in [0.5, 0.6) is 0 Å². The molecule has 1 aromatic carbocycles. The van der Waals surface area contributed by atoms with Crippen LogP contribution >= 0.6 is 27.5 Å². The number of benzene rings is 1. The predicted octanol–water partition coefficient (Wildman–Crippen LogP) is 4.01. The highest BCUT2D eigenvalue weighted by Crippen LogP contribution is 2.22. The molecule has 88 valence electrons. The normalized spacial score (nSPS) is 12.9. The molecule has 0 saturated carbocycles. The van der Waals surface area contributed by atoms with E-state index in [1.165, 1.54) is 12.1 Å². The van der Waals surface area contributed by atoms with Gasteiger partial charge in [0.15, 0.2) is 0 Å². The number of rotatable bonds is 4. The first-order valence-electron chi connectivity index (χ1n) is 5.03. The van der Waals surface area contributed by atoms with Gasteiger partial charge in [0.1, 0.15) is 11.6 Å². The van der Waals surface area contributed by atoms with Crippen molar-refractivity contribution in [2.24, 2.45) is 5.92 Å². The largest absolute Gasteiger partial charge is 0.298 e. The Kier molecular flexibility index (Phi) is 4.93. The second kappa shape index (κ2) is 5.78. The summed E-state index contributed by atoms with van der Waals surface area (Å²) in [5.74, 6) is -0.265. The van der Waals surface area contributed by atoms with Gasteiger partial charge in [-0.25, -0.2) is 4.39 Å². The van der Waals surface area contributed by atoms with Gasteiger partial charge in [0.05, 0.1) is 4.83 Å². The average molecular weight is 308 g/mol. The number of Topliss-reactive ketones (excluding diaryl/α,β-unsaturated/α-hetero) is 1. The van der Waals surface area contributed by atoms with Crippen LogP contribution < -0.4 is 0 Å². The standard InChI is InChI=1S/C12H13BrClFO/c1-7(2)12(16)10(13)5-8-3-4-9(15)6-11(8)14/h3-4,6-7,10H,5H2,1-2H3. The molecule has 0 aliphatic carbocycles. The van der Waals surface area contributed by atoms with Gasteiger partial charge in [0.2, 0.25) is 0 Å². The van der Waals surface area contributed by atoms with Crippen LogP contribution in [0, 0.1) is 11.7 Å². The van der Waals surface area contributed by atoms with Crippen LogP contribution in [0.25, 0.3) is 0 Å². The van der Waals surface area contributed by atoms with E-state index in [-0.39, 0.29) is 22.3 Å². The summed E-state index contributed by atoms with van der Waals surface area (Å²) in [6, 6.07) is 4.22. The van der Waals surface area contributed by atoms with Gasteiger partial charge in [-0.05, 0) is 24.1 Å². The molecule has 0 N–H and O–H groups in total. The second-order valence-corrected chi connectivity index (χ2v) is 5.48. The Morgan fingerprint density at radius 3 is 2.62 bits per heavy atom. The lowest BCUT2D eigenvalue weighted by Gasteiger charge is -2.12. The van der Waals surface area contributed by atoms with Crippen molar-refractivity contribution in [3.63, 3.8) is 0 Å². The predicted molar refractivity (Wildman–Crippen MR) is 67.7 cm³/mol. The van der Waals surface area contributed by atoms with Crippen LogP contribution in [-0.4, -0.2) is 10.6 Å². The van der Waals surface area contributed by atoms with Gasteiger partial charge >= 0.3 is 0 Å². The Labute approximate surface area is 108 Å². The van der Waals surface area contributed by atoms with Crippen molar-refractivity contribution in [1.29, 1.82) is 0 Å². The first-order valence-corrected chi connectivity index (χ1v) is 6.33. The molecule has 0 fully saturated rings. The number of alkyl halides is 1.